The van der Waals surface area contributed by atoms with Gasteiger partial charge >= 0.3 is 0 Å². The predicted molar refractivity (Wildman–Crippen MR) is 131 cm³/mol. The molecule has 0 radical (unpaired) electrons. The average molecular weight is 492 g/mol. The molecule has 2 amide bonds. The molecule has 0 bridgehead atoms. The maximum atomic E-state index is 13.5. The Hall–Kier alpha value is -3.27. The number of nitrogens with one attached hydrogen (secondary N) is 1. The van der Waals surface area contributed by atoms with Crippen LogP contribution in [0.1, 0.15) is 26.3 Å². The van der Waals surface area contributed by atoms with Crippen molar-refractivity contribution in [2.24, 2.45) is 0 Å². The second-order valence-corrected chi connectivity index (χ2v) is 10.1. The molecular weight excluding hydrogens is 458 g/mol. The molecule has 0 heterocycles. The highest BCUT2D eigenvalue weighted by atomic mass is 32.2. The summed E-state index contributed by atoms with van der Waals surface area (Å²) >= 11 is 0. The fraction of sp³-hybridized carbons (Fsp3) is 0.417. The number of ether oxygens (including phenoxy) is 2. The topological polar surface area (TPSA) is 105 Å². The second kappa shape index (κ2) is 11.7. The standard InChI is InChI=1S/C24H33N3O6S/c1-17(2)25-24(29)18(3)26(15-19-10-12-21(32-4)13-11-19)23(28)16-27(34(6,30)31)20-8-7-9-22(14-20)33-5/h7-14,17-18H,15-16H2,1-6H3,(H,25,29)/t18-/m1/s1. The minimum Gasteiger partial charge on any atom is -0.497 e. The van der Waals surface area contributed by atoms with Crippen LogP contribution in [-0.4, -0.2) is 64.2 Å². The van der Waals surface area contributed by atoms with E-state index in [4.69, 9.17) is 9.47 Å². The van der Waals surface area contributed by atoms with E-state index in [2.05, 4.69) is 5.32 Å². The van der Waals surface area contributed by atoms with Crippen molar-refractivity contribution in [2.75, 3.05) is 31.3 Å². The molecule has 0 saturated carbocycles. The Morgan fingerprint density at radius 1 is 0.971 bits per heavy atom. The number of rotatable bonds is 11. The first-order valence-electron chi connectivity index (χ1n) is 10.8. The summed E-state index contributed by atoms with van der Waals surface area (Å²) in [5.41, 5.74) is 1.06. The second-order valence-electron chi connectivity index (χ2n) is 8.18. The van der Waals surface area contributed by atoms with Crippen LogP contribution < -0.4 is 19.1 Å². The summed E-state index contributed by atoms with van der Waals surface area (Å²) in [5, 5.41) is 2.81. The van der Waals surface area contributed by atoms with Crippen LogP contribution in [0.15, 0.2) is 48.5 Å². The highest BCUT2D eigenvalue weighted by Gasteiger charge is 2.30. The molecule has 0 saturated heterocycles. The molecule has 2 aromatic carbocycles. The lowest BCUT2D eigenvalue weighted by molar-refractivity contribution is -0.139. The minimum atomic E-state index is -3.81. The number of carbonyl (C=O) groups is 2. The van der Waals surface area contributed by atoms with Crippen molar-refractivity contribution >= 4 is 27.5 Å². The Labute approximate surface area is 201 Å². The van der Waals surface area contributed by atoms with Crippen molar-refractivity contribution in [2.45, 2.75) is 39.4 Å². The van der Waals surface area contributed by atoms with Gasteiger partial charge in [-0.1, -0.05) is 18.2 Å². The van der Waals surface area contributed by atoms with Crippen LogP contribution >= 0.6 is 0 Å². The molecular formula is C24H33N3O6S. The van der Waals surface area contributed by atoms with Gasteiger partial charge in [-0.25, -0.2) is 8.42 Å². The zero-order chi connectivity index (χ0) is 25.5. The fourth-order valence-electron chi connectivity index (χ4n) is 3.29. The maximum Gasteiger partial charge on any atom is 0.244 e. The maximum absolute atomic E-state index is 13.5. The number of amides is 2. The number of carbonyl (C=O) groups excluding carboxylic acids is 2. The predicted octanol–water partition coefficient (Wildman–Crippen LogP) is 2.41. The van der Waals surface area contributed by atoms with Crippen LogP contribution in [0, 0.1) is 0 Å². The van der Waals surface area contributed by atoms with Gasteiger partial charge in [-0.2, -0.15) is 0 Å². The van der Waals surface area contributed by atoms with Crippen molar-refractivity contribution in [3.63, 3.8) is 0 Å². The SMILES string of the molecule is COc1ccc(CN(C(=O)CN(c2cccc(OC)c2)S(C)(=O)=O)[C@H](C)C(=O)NC(C)C)cc1. The van der Waals surface area contributed by atoms with E-state index in [-0.39, 0.29) is 18.5 Å². The van der Waals surface area contributed by atoms with Gasteiger partial charge in [0.1, 0.15) is 24.1 Å². The number of anilines is 1. The van der Waals surface area contributed by atoms with Gasteiger partial charge in [0, 0.05) is 18.7 Å². The van der Waals surface area contributed by atoms with Crippen molar-refractivity contribution in [1.82, 2.24) is 10.2 Å². The van der Waals surface area contributed by atoms with E-state index in [0.717, 1.165) is 16.1 Å². The molecule has 2 aromatic rings. The lowest BCUT2D eigenvalue weighted by atomic mass is 10.1. The van der Waals surface area contributed by atoms with E-state index in [1.54, 1.807) is 56.5 Å². The molecule has 0 aromatic heterocycles. The highest BCUT2D eigenvalue weighted by molar-refractivity contribution is 7.92. The molecule has 0 aliphatic carbocycles. The molecule has 0 unspecified atom stereocenters. The minimum absolute atomic E-state index is 0.114. The van der Waals surface area contributed by atoms with Crippen LogP contribution in [0.25, 0.3) is 0 Å². The average Bonchev–Trinajstić information content (AvgIpc) is 2.79. The molecule has 186 valence electrons. The van der Waals surface area contributed by atoms with E-state index < -0.39 is 28.5 Å². The summed E-state index contributed by atoms with van der Waals surface area (Å²) < 4.78 is 36.6. The summed E-state index contributed by atoms with van der Waals surface area (Å²) in [5.74, 6) is 0.270. The molecule has 34 heavy (non-hydrogen) atoms. The van der Waals surface area contributed by atoms with Gasteiger partial charge in [-0.05, 0) is 50.6 Å². The van der Waals surface area contributed by atoms with Crippen LogP contribution in [-0.2, 0) is 26.2 Å². The van der Waals surface area contributed by atoms with E-state index >= 15 is 0 Å². The van der Waals surface area contributed by atoms with Crippen molar-refractivity contribution in [1.29, 1.82) is 0 Å². The van der Waals surface area contributed by atoms with Gasteiger partial charge in [-0.3, -0.25) is 13.9 Å². The summed E-state index contributed by atoms with van der Waals surface area (Å²) in [7, 11) is -0.775. The Morgan fingerprint density at radius 2 is 1.59 bits per heavy atom. The molecule has 0 aliphatic heterocycles. The van der Waals surface area contributed by atoms with E-state index in [0.29, 0.717) is 17.2 Å². The normalized spacial score (nSPS) is 12.1. The number of nitrogens with zero attached hydrogens (tertiary/aromatic N) is 2. The lowest BCUT2D eigenvalue weighted by Crippen LogP contribution is -2.52. The third-order valence-corrected chi connectivity index (χ3v) is 6.27. The summed E-state index contributed by atoms with van der Waals surface area (Å²) in [6, 6.07) is 12.6. The molecule has 1 N–H and O–H groups in total. The monoisotopic (exact) mass is 491 g/mol. The molecule has 10 heteroatoms. The highest BCUT2D eigenvalue weighted by Crippen LogP contribution is 2.24. The van der Waals surface area contributed by atoms with Gasteiger partial charge in [-0.15, -0.1) is 0 Å². The molecule has 0 fully saturated rings. The fourth-order valence-corrected chi connectivity index (χ4v) is 4.14. The zero-order valence-electron chi connectivity index (χ0n) is 20.4. The first kappa shape index (κ1) is 27.0. The third kappa shape index (κ3) is 7.38. The largest absolute Gasteiger partial charge is 0.497 e. The van der Waals surface area contributed by atoms with Crippen molar-refractivity contribution in [3.8, 4) is 11.5 Å². The third-order valence-electron chi connectivity index (χ3n) is 5.13. The molecule has 0 spiro atoms. The Kier molecular flexibility index (Phi) is 9.31. The van der Waals surface area contributed by atoms with Gasteiger partial charge in [0.2, 0.25) is 21.8 Å². The van der Waals surface area contributed by atoms with E-state index in [1.807, 2.05) is 13.8 Å². The number of methoxy groups -OCH3 is 2. The number of sulfonamides is 1. The smallest absolute Gasteiger partial charge is 0.244 e. The van der Waals surface area contributed by atoms with Crippen LogP contribution in [0.4, 0.5) is 5.69 Å². The summed E-state index contributed by atoms with van der Waals surface area (Å²) in [4.78, 5) is 27.6. The van der Waals surface area contributed by atoms with Crippen molar-refractivity contribution < 1.29 is 27.5 Å². The van der Waals surface area contributed by atoms with E-state index in [9.17, 15) is 18.0 Å². The van der Waals surface area contributed by atoms with Gasteiger partial charge in [0.15, 0.2) is 0 Å². The lowest BCUT2D eigenvalue weighted by Gasteiger charge is -2.32. The first-order valence-corrected chi connectivity index (χ1v) is 12.7. The number of benzene rings is 2. The molecule has 0 aliphatic rings. The van der Waals surface area contributed by atoms with Gasteiger partial charge in [0.05, 0.1) is 26.2 Å². The Morgan fingerprint density at radius 3 is 2.12 bits per heavy atom. The van der Waals surface area contributed by atoms with Gasteiger partial charge < -0.3 is 19.7 Å². The van der Waals surface area contributed by atoms with Gasteiger partial charge in [0.25, 0.3) is 0 Å². The number of hydrogen-bond acceptors (Lipinski definition) is 6. The summed E-state index contributed by atoms with van der Waals surface area (Å²) in [6.07, 6.45) is 1.03. The van der Waals surface area contributed by atoms with E-state index in [1.165, 1.54) is 18.1 Å². The van der Waals surface area contributed by atoms with Crippen LogP contribution in [0.2, 0.25) is 0 Å². The van der Waals surface area contributed by atoms with Crippen molar-refractivity contribution in [3.05, 3.63) is 54.1 Å². The summed E-state index contributed by atoms with van der Waals surface area (Å²) in [6.45, 7) is 4.92. The zero-order valence-corrected chi connectivity index (χ0v) is 21.3. The van der Waals surface area contributed by atoms with Crippen LogP contribution in [0.5, 0.6) is 11.5 Å². The Bertz CT molecular complexity index is 1090. The molecule has 1 atom stereocenters. The molecule has 9 nitrogen and oxygen atoms in total. The Balaban J connectivity index is 2.39. The van der Waals surface area contributed by atoms with Crippen LogP contribution in [0.3, 0.4) is 0 Å². The first-order chi connectivity index (χ1) is 16.0. The molecule has 2 rings (SSSR count). The quantitative estimate of drug-likeness (QED) is 0.518. The number of hydrogen-bond donors (Lipinski definition) is 1.